The number of hydrogen-bond donors (Lipinski definition) is 0. The summed E-state index contributed by atoms with van der Waals surface area (Å²) in [6, 6.07) is 5.75. The third kappa shape index (κ3) is 9.65. The summed E-state index contributed by atoms with van der Waals surface area (Å²) in [5, 5.41) is 0. The molecule has 0 radical (unpaired) electrons. The van der Waals surface area contributed by atoms with Crippen LogP contribution >= 0.6 is 0 Å². The zero-order valence-corrected chi connectivity index (χ0v) is 17.6. The minimum absolute atomic E-state index is 0.316. The van der Waals surface area contributed by atoms with Gasteiger partial charge in [0.15, 0.2) is 0 Å². The molecule has 3 nitrogen and oxygen atoms in total. The molecule has 0 aliphatic rings. The quantitative estimate of drug-likeness (QED) is 0.190. The smallest absolute Gasteiger partial charge is 0.341 e. The van der Waals surface area contributed by atoms with Crippen LogP contribution in [0, 0.1) is 0 Å². The number of rotatable bonds is 15. The number of methoxy groups -OCH3 is 2. The Labute approximate surface area is 166 Å². The second-order valence-corrected chi connectivity index (χ2v) is 7.11. The summed E-state index contributed by atoms with van der Waals surface area (Å²) >= 11 is 0. The van der Waals surface area contributed by atoms with E-state index < -0.39 is 0 Å². The highest BCUT2D eigenvalue weighted by Gasteiger charge is 2.17. The maximum Gasteiger partial charge on any atom is 0.341 e. The number of esters is 1. The van der Waals surface area contributed by atoms with Crippen molar-refractivity contribution in [1.82, 2.24) is 0 Å². The van der Waals surface area contributed by atoms with Crippen LogP contribution in [-0.2, 0) is 11.2 Å². The van der Waals surface area contributed by atoms with Crippen molar-refractivity contribution in [2.24, 2.45) is 0 Å². The fourth-order valence-electron chi connectivity index (χ4n) is 3.32. The van der Waals surface area contributed by atoms with Crippen molar-refractivity contribution in [3.63, 3.8) is 0 Å². The Bertz CT molecular complexity index is 549. The normalized spacial score (nSPS) is 11.1. The van der Waals surface area contributed by atoms with Gasteiger partial charge in [0.2, 0.25) is 0 Å². The van der Waals surface area contributed by atoms with Crippen molar-refractivity contribution in [2.45, 2.75) is 84.0 Å². The van der Waals surface area contributed by atoms with Gasteiger partial charge in [0, 0.05) is 0 Å². The molecule has 3 heteroatoms. The molecule has 0 saturated heterocycles. The Morgan fingerprint density at radius 1 is 0.889 bits per heavy atom. The first-order chi connectivity index (χ1) is 13.2. The predicted molar refractivity (Wildman–Crippen MR) is 114 cm³/mol. The van der Waals surface area contributed by atoms with Crippen LogP contribution in [0.1, 0.15) is 93.5 Å². The second-order valence-electron chi connectivity index (χ2n) is 7.11. The van der Waals surface area contributed by atoms with Gasteiger partial charge >= 0.3 is 5.97 Å². The molecular formula is C24H38O3. The van der Waals surface area contributed by atoms with Crippen LogP contribution in [0.4, 0.5) is 0 Å². The molecule has 0 atom stereocenters. The van der Waals surface area contributed by atoms with Gasteiger partial charge in [-0.1, -0.05) is 69.7 Å². The minimum atomic E-state index is -0.316. The Balaban J connectivity index is 2.18. The van der Waals surface area contributed by atoms with Crippen molar-refractivity contribution >= 4 is 5.97 Å². The van der Waals surface area contributed by atoms with E-state index in [1.807, 2.05) is 18.2 Å². The van der Waals surface area contributed by atoms with E-state index in [0.29, 0.717) is 11.3 Å². The van der Waals surface area contributed by atoms with E-state index in [2.05, 4.69) is 19.1 Å². The Kier molecular flexibility index (Phi) is 13.2. The van der Waals surface area contributed by atoms with Gasteiger partial charge in [0.1, 0.15) is 11.3 Å². The van der Waals surface area contributed by atoms with Gasteiger partial charge in [-0.3, -0.25) is 0 Å². The summed E-state index contributed by atoms with van der Waals surface area (Å²) in [6.07, 6.45) is 19.5. The molecule has 0 aliphatic carbocycles. The van der Waals surface area contributed by atoms with E-state index in [4.69, 9.17) is 9.47 Å². The molecule has 152 valence electrons. The molecular weight excluding hydrogens is 336 g/mol. The topological polar surface area (TPSA) is 35.5 Å². The van der Waals surface area contributed by atoms with Crippen molar-refractivity contribution in [3.8, 4) is 5.75 Å². The van der Waals surface area contributed by atoms with Crippen LogP contribution in [0.15, 0.2) is 30.4 Å². The predicted octanol–water partition coefficient (Wildman–Crippen LogP) is 6.89. The monoisotopic (exact) mass is 374 g/mol. The standard InChI is InChI=1S/C24H38O3/c1-4-5-6-7-8-9-10-11-12-13-14-15-16-18-21-19-17-20-22(26-2)23(21)24(25)27-3/h9-10,17,19-20H,4-8,11-16,18H2,1-3H3/b10-9+. The highest BCUT2D eigenvalue weighted by molar-refractivity contribution is 5.94. The molecule has 27 heavy (non-hydrogen) atoms. The van der Waals surface area contributed by atoms with Crippen LogP contribution in [0.2, 0.25) is 0 Å². The lowest BCUT2D eigenvalue weighted by Crippen LogP contribution is -2.08. The molecule has 0 N–H and O–H groups in total. The SMILES string of the molecule is CCCCCC/C=C/CCCCCCCc1cccc(OC)c1C(=O)OC. The van der Waals surface area contributed by atoms with Gasteiger partial charge in [-0.25, -0.2) is 4.79 Å². The zero-order valence-electron chi connectivity index (χ0n) is 17.6. The summed E-state index contributed by atoms with van der Waals surface area (Å²) < 4.78 is 10.2. The van der Waals surface area contributed by atoms with Crippen LogP contribution in [0.25, 0.3) is 0 Å². The molecule has 1 rings (SSSR count). The summed E-state index contributed by atoms with van der Waals surface area (Å²) in [4.78, 5) is 12.0. The highest BCUT2D eigenvalue weighted by atomic mass is 16.5. The maximum absolute atomic E-state index is 12.0. The Morgan fingerprint density at radius 3 is 2.15 bits per heavy atom. The number of aryl methyl sites for hydroxylation is 1. The number of allylic oxidation sites excluding steroid dienone is 2. The lowest BCUT2D eigenvalue weighted by molar-refractivity contribution is 0.0595. The van der Waals surface area contributed by atoms with Crippen molar-refractivity contribution in [2.75, 3.05) is 14.2 Å². The van der Waals surface area contributed by atoms with E-state index in [1.54, 1.807) is 7.11 Å². The van der Waals surface area contributed by atoms with Gasteiger partial charge < -0.3 is 9.47 Å². The van der Waals surface area contributed by atoms with E-state index in [9.17, 15) is 4.79 Å². The number of unbranched alkanes of at least 4 members (excludes halogenated alkanes) is 9. The van der Waals surface area contributed by atoms with Crippen LogP contribution in [-0.4, -0.2) is 20.2 Å². The molecule has 0 spiro atoms. The van der Waals surface area contributed by atoms with Gasteiger partial charge in [-0.05, 0) is 50.2 Å². The number of hydrogen-bond acceptors (Lipinski definition) is 3. The second kappa shape index (κ2) is 15.3. The average molecular weight is 375 g/mol. The van der Waals surface area contributed by atoms with Gasteiger partial charge in [-0.15, -0.1) is 0 Å². The van der Waals surface area contributed by atoms with Crippen molar-refractivity contribution in [1.29, 1.82) is 0 Å². The first kappa shape index (κ1) is 23.3. The summed E-state index contributed by atoms with van der Waals surface area (Å²) in [5.74, 6) is 0.282. The highest BCUT2D eigenvalue weighted by Crippen LogP contribution is 2.25. The molecule has 1 aromatic rings. The summed E-state index contributed by atoms with van der Waals surface area (Å²) in [7, 11) is 3.00. The van der Waals surface area contributed by atoms with Gasteiger partial charge in [-0.2, -0.15) is 0 Å². The summed E-state index contributed by atoms with van der Waals surface area (Å²) in [6.45, 7) is 2.25. The Hall–Kier alpha value is -1.77. The van der Waals surface area contributed by atoms with Crippen molar-refractivity contribution in [3.05, 3.63) is 41.5 Å². The lowest BCUT2D eigenvalue weighted by atomic mass is 9.99. The Morgan fingerprint density at radius 2 is 1.52 bits per heavy atom. The third-order valence-corrected chi connectivity index (χ3v) is 4.93. The zero-order chi connectivity index (χ0) is 19.7. The van der Waals surface area contributed by atoms with E-state index >= 15 is 0 Å². The molecule has 0 fully saturated rings. The molecule has 0 aromatic heterocycles. The molecule has 0 bridgehead atoms. The van der Waals surface area contributed by atoms with Crippen molar-refractivity contribution < 1.29 is 14.3 Å². The van der Waals surface area contributed by atoms with Crippen LogP contribution < -0.4 is 4.74 Å². The fraction of sp³-hybridized carbons (Fsp3) is 0.625. The van der Waals surface area contributed by atoms with Gasteiger partial charge in [0.25, 0.3) is 0 Å². The molecule has 0 unspecified atom stereocenters. The first-order valence-corrected chi connectivity index (χ1v) is 10.6. The molecule has 0 saturated carbocycles. The minimum Gasteiger partial charge on any atom is -0.496 e. The number of carbonyl (C=O) groups excluding carboxylic acids is 1. The first-order valence-electron chi connectivity index (χ1n) is 10.6. The fourth-order valence-corrected chi connectivity index (χ4v) is 3.32. The molecule has 1 aromatic carbocycles. The number of benzene rings is 1. The maximum atomic E-state index is 12.0. The third-order valence-electron chi connectivity index (χ3n) is 4.93. The lowest BCUT2D eigenvalue weighted by Gasteiger charge is -2.12. The molecule has 0 aliphatic heterocycles. The molecule has 0 amide bonds. The average Bonchev–Trinajstić information content (AvgIpc) is 2.70. The van der Waals surface area contributed by atoms with Crippen LogP contribution in [0.3, 0.4) is 0 Å². The number of carbonyl (C=O) groups is 1. The van der Waals surface area contributed by atoms with E-state index in [-0.39, 0.29) is 5.97 Å². The van der Waals surface area contributed by atoms with E-state index in [1.165, 1.54) is 71.3 Å². The van der Waals surface area contributed by atoms with E-state index in [0.717, 1.165) is 18.4 Å². The number of ether oxygens (including phenoxy) is 2. The molecule has 0 heterocycles. The largest absolute Gasteiger partial charge is 0.496 e. The van der Waals surface area contributed by atoms with Crippen LogP contribution in [0.5, 0.6) is 5.75 Å². The summed E-state index contributed by atoms with van der Waals surface area (Å²) in [5.41, 5.74) is 1.60. The van der Waals surface area contributed by atoms with Gasteiger partial charge in [0.05, 0.1) is 14.2 Å².